The predicted octanol–water partition coefficient (Wildman–Crippen LogP) is 2.91. The molecule has 0 saturated heterocycles. The topological polar surface area (TPSA) is 34.9 Å². The van der Waals surface area contributed by atoms with E-state index >= 15 is 0 Å². The van der Waals surface area contributed by atoms with Gasteiger partial charge in [-0.25, -0.2) is 0 Å². The molecule has 1 aromatic heterocycles. The average molecular weight is 223 g/mol. The first-order chi connectivity index (χ1) is 7.13. The second-order valence-electron chi connectivity index (χ2n) is 3.39. The van der Waals surface area contributed by atoms with Crippen LogP contribution in [-0.2, 0) is 6.54 Å². The lowest BCUT2D eigenvalue weighted by Crippen LogP contribution is -1.97. The second-order valence-corrected chi connectivity index (χ2v) is 3.75. The Balaban J connectivity index is 2.73. The number of halogens is 1. The summed E-state index contributed by atoms with van der Waals surface area (Å²) in [5, 5.41) is 5.56. The number of benzene rings is 1. The van der Waals surface area contributed by atoms with Crippen LogP contribution in [0.4, 0.5) is 0 Å². The Hall–Kier alpha value is -1.35. The minimum atomic E-state index is 0.0527. The Morgan fingerprint density at radius 2 is 2.27 bits per heavy atom. The van der Waals surface area contributed by atoms with Crippen LogP contribution < -0.4 is 0 Å². The summed E-state index contributed by atoms with van der Waals surface area (Å²) in [5.41, 5.74) is 1.60. The van der Waals surface area contributed by atoms with Crippen LogP contribution in [0.5, 0.6) is 0 Å². The van der Waals surface area contributed by atoms with Gasteiger partial charge in [-0.2, -0.15) is 5.10 Å². The molecule has 4 heteroatoms. The van der Waals surface area contributed by atoms with Gasteiger partial charge < -0.3 is 0 Å². The van der Waals surface area contributed by atoms with Crippen LogP contribution in [-0.4, -0.2) is 15.6 Å². The van der Waals surface area contributed by atoms with Crippen LogP contribution in [0.15, 0.2) is 18.2 Å². The largest absolute Gasteiger partial charge is 0.295 e. The molecule has 0 amide bonds. The van der Waals surface area contributed by atoms with Gasteiger partial charge in [-0.15, -0.1) is 0 Å². The lowest BCUT2D eigenvalue weighted by atomic mass is 10.1. The maximum absolute atomic E-state index is 11.2. The SMILES string of the molecule is CCn1nc(Cl)c2ccc(C(C)=O)cc21. The van der Waals surface area contributed by atoms with Crippen LogP contribution >= 0.6 is 11.6 Å². The highest BCUT2D eigenvalue weighted by atomic mass is 35.5. The number of aryl methyl sites for hydroxylation is 1. The van der Waals surface area contributed by atoms with Crippen molar-refractivity contribution >= 4 is 28.3 Å². The smallest absolute Gasteiger partial charge is 0.159 e. The van der Waals surface area contributed by atoms with Crippen molar-refractivity contribution in [1.29, 1.82) is 0 Å². The van der Waals surface area contributed by atoms with E-state index in [2.05, 4.69) is 5.10 Å². The van der Waals surface area contributed by atoms with Crippen LogP contribution in [0.1, 0.15) is 24.2 Å². The maximum atomic E-state index is 11.2. The Bertz CT molecular complexity index is 531. The summed E-state index contributed by atoms with van der Waals surface area (Å²) in [6.07, 6.45) is 0. The standard InChI is InChI=1S/C11H11ClN2O/c1-3-14-10-6-8(7(2)15)4-5-9(10)11(12)13-14/h4-6H,3H2,1-2H3. The number of fused-ring (bicyclic) bond motifs is 1. The third-order valence-electron chi connectivity index (χ3n) is 2.41. The number of hydrogen-bond acceptors (Lipinski definition) is 2. The summed E-state index contributed by atoms with van der Waals surface area (Å²) in [6.45, 7) is 4.28. The van der Waals surface area contributed by atoms with Crippen molar-refractivity contribution in [2.24, 2.45) is 0 Å². The van der Waals surface area contributed by atoms with Crippen molar-refractivity contribution in [2.45, 2.75) is 20.4 Å². The molecule has 0 radical (unpaired) electrons. The average Bonchev–Trinajstić information content (AvgIpc) is 2.55. The molecule has 0 bridgehead atoms. The van der Waals surface area contributed by atoms with Gasteiger partial charge in [0.15, 0.2) is 10.9 Å². The van der Waals surface area contributed by atoms with Gasteiger partial charge in [0.05, 0.1) is 5.52 Å². The fourth-order valence-electron chi connectivity index (χ4n) is 1.59. The van der Waals surface area contributed by atoms with Gasteiger partial charge in [-0.1, -0.05) is 17.7 Å². The summed E-state index contributed by atoms with van der Waals surface area (Å²) < 4.78 is 1.80. The van der Waals surface area contributed by atoms with E-state index in [-0.39, 0.29) is 5.78 Å². The summed E-state index contributed by atoms with van der Waals surface area (Å²) in [4.78, 5) is 11.2. The van der Waals surface area contributed by atoms with Crippen LogP contribution in [0, 0.1) is 0 Å². The molecule has 0 spiro atoms. The van der Waals surface area contributed by atoms with E-state index in [1.54, 1.807) is 17.7 Å². The number of rotatable bonds is 2. The van der Waals surface area contributed by atoms with E-state index in [1.165, 1.54) is 0 Å². The number of nitrogens with zero attached hydrogens (tertiary/aromatic N) is 2. The summed E-state index contributed by atoms with van der Waals surface area (Å²) in [5.74, 6) is 0.0527. The van der Waals surface area contributed by atoms with Gasteiger partial charge in [0.25, 0.3) is 0 Å². The highest BCUT2D eigenvalue weighted by molar-refractivity contribution is 6.34. The minimum Gasteiger partial charge on any atom is -0.295 e. The lowest BCUT2D eigenvalue weighted by Gasteiger charge is -1.99. The molecule has 2 rings (SSSR count). The number of aromatic nitrogens is 2. The van der Waals surface area contributed by atoms with Crippen molar-refractivity contribution in [1.82, 2.24) is 9.78 Å². The lowest BCUT2D eigenvalue weighted by molar-refractivity contribution is 0.101. The predicted molar refractivity (Wildman–Crippen MR) is 60.4 cm³/mol. The number of carbonyl (C=O) groups excluding carboxylic acids is 1. The molecule has 15 heavy (non-hydrogen) atoms. The Morgan fingerprint density at radius 3 is 2.87 bits per heavy atom. The molecule has 1 heterocycles. The minimum absolute atomic E-state index is 0.0527. The van der Waals surface area contributed by atoms with E-state index in [9.17, 15) is 4.79 Å². The Kier molecular flexibility index (Phi) is 2.49. The molecule has 3 nitrogen and oxygen atoms in total. The molecule has 0 atom stereocenters. The molecular formula is C11H11ClN2O. The molecule has 0 N–H and O–H groups in total. The van der Waals surface area contributed by atoms with E-state index in [4.69, 9.17) is 11.6 Å². The molecule has 0 aliphatic rings. The molecule has 0 saturated carbocycles. The van der Waals surface area contributed by atoms with Gasteiger partial charge in [0.1, 0.15) is 0 Å². The van der Waals surface area contributed by atoms with Crippen LogP contribution in [0.25, 0.3) is 10.9 Å². The highest BCUT2D eigenvalue weighted by Crippen LogP contribution is 2.23. The summed E-state index contributed by atoms with van der Waals surface area (Å²) >= 11 is 5.97. The molecule has 78 valence electrons. The van der Waals surface area contributed by atoms with E-state index < -0.39 is 0 Å². The molecule has 0 aliphatic carbocycles. The fourth-order valence-corrected chi connectivity index (χ4v) is 1.84. The number of ketones is 1. The Labute approximate surface area is 92.6 Å². The van der Waals surface area contributed by atoms with E-state index in [1.807, 2.05) is 19.1 Å². The number of hydrogen-bond donors (Lipinski definition) is 0. The van der Waals surface area contributed by atoms with Gasteiger partial charge >= 0.3 is 0 Å². The van der Waals surface area contributed by atoms with Crippen LogP contribution in [0.3, 0.4) is 0 Å². The first-order valence-corrected chi connectivity index (χ1v) is 5.18. The molecular weight excluding hydrogens is 212 g/mol. The van der Waals surface area contributed by atoms with Gasteiger partial charge in [-0.3, -0.25) is 9.48 Å². The maximum Gasteiger partial charge on any atom is 0.159 e. The van der Waals surface area contributed by atoms with Gasteiger partial charge in [-0.05, 0) is 26.0 Å². The molecule has 0 unspecified atom stereocenters. The zero-order valence-electron chi connectivity index (χ0n) is 8.62. The highest BCUT2D eigenvalue weighted by Gasteiger charge is 2.09. The van der Waals surface area contributed by atoms with Crippen molar-refractivity contribution in [2.75, 3.05) is 0 Å². The molecule has 0 fully saturated rings. The zero-order valence-corrected chi connectivity index (χ0v) is 9.38. The van der Waals surface area contributed by atoms with Crippen molar-refractivity contribution in [3.05, 3.63) is 28.9 Å². The van der Waals surface area contributed by atoms with E-state index in [0.717, 1.165) is 17.4 Å². The first-order valence-electron chi connectivity index (χ1n) is 4.80. The number of Topliss-reactive ketones (excluding diaryl/α,β-unsaturated/α-hetero) is 1. The fraction of sp³-hybridized carbons (Fsp3) is 0.273. The molecule has 1 aromatic carbocycles. The van der Waals surface area contributed by atoms with Crippen molar-refractivity contribution in [3.63, 3.8) is 0 Å². The van der Waals surface area contributed by atoms with Gasteiger partial charge in [0, 0.05) is 17.5 Å². The van der Waals surface area contributed by atoms with Crippen molar-refractivity contribution < 1.29 is 4.79 Å². The first kappa shape index (κ1) is 10.2. The summed E-state index contributed by atoms with van der Waals surface area (Å²) in [7, 11) is 0. The van der Waals surface area contributed by atoms with Gasteiger partial charge in [0.2, 0.25) is 0 Å². The van der Waals surface area contributed by atoms with Crippen LogP contribution in [0.2, 0.25) is 5.15 Å². The zero-order chi connectivity index (χ0) is 11.0. The van der Waals surface area contributed by atoms with E-state index in [0.29, 0.717) is 10.7 Å². The van der Waals surface area contributed by atoms with Crippen molar-refractivity contribution in [3.8, 4) is 0 Å². The third-order valence-corrected chi connectivity index (χ3v) is 2.69. The second kappa shape index (κ2) is 3.66. The monoisotopic (exact) mass is 222 g/mol. The number of carbonyl (C=O) groups is 1. The molecule has 2 aromatic rings. The molecule has 0 aliphatic heterocycles. The normalized spacial score (nSPS) is 10.9. The quantitative estimate of drug-likeness (QED) is 0.733. The Morgan fingerprint density at radius 1 is 1.53 bits per heavy atom. The summed E-state index contributed by atoms with van der Waals surface area (Å²) in [6, 6.07) is 5.45. The third kappa shape index (κ3) is 1.63.